The molecule has 0 spiro atoms. The van der Waals surface area contributed by atoms with Crippen LogP contribution < -0.4 is 10.0 Å². The minimum atomic E-state index is -3.88. The quantitative estimate of drug-likeness (QED) is 0.430. The molecule has 8 heteroatoms. The van der Waals surface area contributed by atoms with Crippen LogP contribution in [0.15, 0.2) is 75.6 Å². The van der Waals surface area contributed by atoms with E-state index in [0.717, 1.165) is 10.3 Å². The minimum absolute atomic E-state index is 0.136. The lowest BCUT2D eigenvalue weighted by Gasteiger charge is -2.13. The number of benzene rings is 2. The summed E-state index contributed by atoms with van der Waals surface area (Å²) in [6.07, 6.45) is 0. The molecule has 2 heterocycles. The summed E-state index contributed by atoms with van der Waals surface area (Å²) in [4.78, 5) is 1.13. The lowest BCUT2D eigenvalue weighted by atomic mass is 10.2. The van der Waals surface area contributed by atoms with Crippen LogP contribution in [-0.4, -0.2) is 8.42 Å². The Morgan fingerprint density at radius 1 is 1.00 bits per heavy atom. The normalized spacial score (nSPS) is 11.6. The van der Waals surface area contributed by atoms with Gasteiger partial charge in [0.1, 0.15) is 5.58 Å². The lowest BCUT2D eigenvalue weighted by Crippen LogP contribution is -2.14. The van der Waals surface area contributed by atoms with E-state index in [1.54, 1.807) is 47.7 Å². The van der Waals surface area contributed by atoms with E-state index in [2.05, 4.69) is 10.0 Å². The molecule has 2 aromatic carbocycles. The number of fused-ring (bicyclic) bond motifs is 1. The molecule has 0 aliphatic heterocycles. The molecule has 0 atom stereocenters. The van der Waals surface area contributed by atoms with Gasteiger partial charge in [0.05, 0.1) is 11.4 Å². The van der Waals surface area contributed by atoms with E-state index in [1.807, 2.05) is 23.6 Å². The summed E-state index contributed by atoms with van der Waals surface area (Å²) in [6, 6.07) is 17.6. The van der Waals surface area contributed by atoms with Gasteiger partial charge in [-0.1, -0.05) is 35.9 Å². The number of nitrogens with one attached hydrogen (secondary N) is 2. The number of rotatable bonds is 6. The molecule has 0 aliphatic carbocycles. The first-order valence-corrected chi connectivity index (χ1v) is 10.8. The van der Waals surface area contributed by atoms with Crippen molar-refractivity contribution < 1.29 is 12.8 Å². The topological polar surface area (TPSA) is 71.3 Å². The first-order valence-electron chi connectivity index (χ1n) is 8.08. The zero-order chi connectivity index (χ0) is 18.9. The molecule has 4 aromatic rings. The molecule has 0 fully saturated rings. The zero-order valence-corrected chi connectivity index (χ0v) is 16.4. The molecule has 2 aromatic heterocycles. The van der Waals surface area contributed by atoms with Crippen molar-refractivity contribution in [3.05, 3.63) is 75.9 Å². The van der Waals surface area contributed by atoms with Crippen LogP contribution in [0.3, 0.4) is 0 Å². The Balaban J connectivity index is 1.62. The fourth-order valence-corrected chi connectivity index (χ4v) is 4.50. The van der Waals surface area contributed by atoms with E-state index in [4.69, 9.17) is 16.0 Å². The summed E-state index contributed by atoms with van der Waals surface area (Å²) < 4.78 is 33.6. The number of halogens is 1. The Bertz CT molecular complexity index is 1150. The maximum Gasteiger partial charge on any atom is 0.295 e. The second-order valence-electron chi connectivity index (χ2n) is 5.83. The van der Waals surface area contributed by atoms with Crippen LogP contribution in [0.2, 0.25) is 5.02 Å². The van der Waals surface area contributed by atoms with Crippen molar-refractivity contribution in [3.63, 3.8) is 0 Å². The Kier molecular flexibility index (Phi) is 4.82. The molecule has 4 rings (SSSR count). The molecule has 0 saturated heterocycles. The molecule has 5 nitrogen and oxygen atoms in total. The van der Waals surface area contributed by atoms with Gasteiger partial charge in [0.25, 0.3) is 10.0 Å². The predicted octanol–water partition coefficient (Wildman–Crippen LogP) is 5.56. The Morgan fingerprint density at radius 3 is 2.63 bits per heavy atom. The highest BCUT2D eigenvalue weighted by molar-refractivity contribution is 7.92. The first-order chi connectivity index (χ1) is 13.0. The minimum Gasteiger partial charge on any atom is -0.443 e. The summed E-state index contributed by atoms with van der Waals surface area (Å²) in [5, 5.41) is 6.31. The summed E-state index contributed by atoms with van der Waals surface area (Å²) >= 11 is 7.70. The first kappa shape index (κ1) is 17.9. The molecular weight excluding hydrogens is 404 g/mol. The predicted molar refractivity (Wildman–Crippen MR) is 110 cm³/mol. The third-order valence-corrected chi connectivity index (χ3v) is 6.26. The van der Waals surface area contributed by atoms with Gasteiger partial charge < -0.3 is 9.73 Å². The SMILES string of the molecule is O=S(=O)(Nc1ccc(Cl)cc1NCc1cccs1)c1cc2ccccc2o1. The number of para-hydroxylation sites is 1. The number of anilines is 2. The van der Waals surface area contributed by atoms with Crippen molar-refractivity contribution in [1.29, 1.82) is 0 Å². The van der Waals surface area contributed by atoms with Crippen molar-refractivity contribution in [2.75, 3.05) is 10.0 Å². The van der Waals surface area contributed by atoms with Crippen molar-refractivity contribution in [3.8, 4) is 0 Å². The number of thiophene rings is 1. The van der Waals surface area contributed by atoms with Gasteiger partial charge in [0, 0.05) is 27.9 Å². The summed E-state index contributed by atoms with van der Waals surface area (Å²) in [7, 11) is -3.88. The van der Waals surface area contributed by atoms with Crippen LogP contribution in [-0.2, 0) is 16.6 Å². The van der Waals surface area contributed by atoms with Crippen LogP contribution in [0.5, 0.6) is 0 Å². The van der Waals surface area contributed by atoms with E-state index in [1.165, 1.54) is 6.07 Å². The van der Waals surface area contributed by atoms with Gasteiger partial charge in [0.2, 0.25) is 5.09 Å². The maximum atomic E-state index is 12.8. The van der Waals surface area contributed by atoms with Gasteiger partial charge in [-0.3, -0.25) is 4.72 Å². The van der Waals surface area contributed by atoms with E-state index in [0.29, 0.717) is 28.5 Å². The highest BCUT2D eigenvalue weighted by Gasteiger charge is 2.21. The fraction of sp³-hybridized carbons (Fsp3) is 0.0526. The number of sulfonamides is 1. The average Bonchev–Trinajstić information content (AvgIpc) is 3.31. The van der Waals surface area contributed by atoms with Gasteiger partial charge in [-0.05, 0) is 35.7 Å². The van der Waals surface area contributed by atoms with Gasteiger partial charge >= 0.3 is 0 Å². The van der Waals surface area contributed by atoms with E-state index >= 15 is 0 Å². The van der Waals surface area contributed by atoms with E-state index in [-0.39, 0.29) is 5.09 Å². The Morgan fingerprint density at radius 2 is 1.85 bits per heavy atom. The molecule has 0 radical (unpaired) electrons. The third kappa shape index (κ3) is 3.95. The third-order valence-electron chi connectivity index (χ3n) is 3.93. The van der Waals surface area contributed by atoms with Crippen LogP contribution in [0, 0.1) is 0 Å². The van der Waals surface area contributed by atoms with Crippen molar-refractivity contribution >= 4 is 55.3 Å². The monoisotopic (exact) mass is 418 g/mol. The molecule has 138 valence electrons. The second kappa shape index (κ2) is 7.26. The molecular formula is C19H15ClN2O3S2. The molecule has 0 aliphatic rings. The Hall–Kier alpha value is -2.48. The highest BCUT2D eigenvalue weighted by atomic mass is 35.5. The van der Waals surface area contributed by atoms with Crippen LogP contribution in [0.4, 0.5) is 11.4 Å². The summed E-state index contributed by atoms with van der Waals surface area (Å²) in [5.74, 6) is 0. The molecule has 0 unspecified atom stereocenters. The van der Waals surface area contributed by atoms with Gasteiger partial charge in [0.15, 0.2) is 0 Å². The van der Waals surface area contributed by atoms with Gasteiger partial charge in [-0.15, -0.1) is 11.3 Å². The van der Waals surface area contributed by atoms with Crippen LogP contribution in [0.25, 0.3) is 11.0 Å². The Labute approximate surface area is 165 Å². The average molecular weight is 419 g/mol. The van der Waals surface area contributed by atoms with Crippen molar-refractivity contribution in [2.24, 2.45) is 0 Å². The number of hydrogen-bond acceptors (Lipinski definition) is 5. The summed E-state index contributed by atoms with van der Waals surface area (Å²) in [6.45, 7) is 0.567. The van der Waals surface area contributed by atoms with Crippen molar-refractivity contribution in [1.82, 2.24) is 0 Å². The van der Waals surface area contributed by atoms with Gasteiger partial charge in [-0.2, -0.15) is 8.42 Å². The fourth-order valence-electron chi connectivity index (χ4n) is 2.63. The van der Waals surface area contributed by atoms with Crippen molar-refractivity contribution in [2.45, 2.75) is 11.6 Å². The number of furan rings is 1. The molecule has 0 saturated carbocycles. The van der Waals surface area contributed by atoms with Crippen LogP contribution >= 0.6 is 22.9 Å². The highest BCUT2D eigenvalue weighted by Crippen LogP contribution is 2.30. The maximum absolute atomic E-state index is 12.8. The number of hydrogen-bond donors (Lipinski definition) is 2. The van der Waals surface area contributed by atoms with E-state index in [9.17, 15) is 8.42 Å². The molecule has 27 heavy (non-hydrogen) atoms. The second-order valence-corrected chi connectivity index (χ2v) is 8.91. The lowest BCUT2D eigenvalue weighted by molar-refractivity contribution is 0.484. The van der Waals surface area contributed by atoms with E-state index < -0.39 is 10.0 Å². The molecule has 0 amide bonds. The van der Waals surface area contributed by atoms with Gasteiger partial charge in [-0.25, -0.2) is 0 Å². The smallest absolute Gasteiger partial charge is 0.295 e. The summed E-state index contributed by atoms with van der Waals surface area (Å²) in [5.41, 5.74) is 1.51. The largest absolute Gasteiger partial charge is 0.443 e. The molecule has 2 N–H and O–H groups in total. The molecule has 0 bridgehead atoms. The standard InChI is InChI=1S/C19H15ClN2O3S2/c20-14-7-8-16(17(11-14)21-12-15-5-3-9-26-15)22-27(23,24)19-10-13-4-1-2-6-18(13)25-19/h1-11,21-22H,12H2. The zero-order valence-electron chi connectivity index (χ0n) is 14.0. The van der Waals surface area contributed by atoms with Crippen LogP contribution in [0.1, 0.15) is 4.88 Å².